The average Bonchev–Trinajstić information content (AvgIpc) is 3.34. The number of aryl methyl sites for hydroxylation is 1. The van der Waals surface area contributed by atoms with Crippen LogP contribution in [-0.2, 0) is 6.42 Å². The number of rotatable bonds is 7. The molecule has 1 aliphatic rings. The van der Waals surface area contributed by atoms with E-state index in [0.29, 0.717) is 17.5 Å². The molecule has 0 bridgehead atoms. The van der Waals surface area contributed by atoms with Gasteiger partial charge in [0, 0.05) is 16.7 Å². The average molecular weight is 766 g/mol. The van der Waals surface area contributed by atoms with E-state index in [0.717, 1.165) is 62.9 Å². The van der Waals surface area contributed by atoms with Crippen LogP contribution in [0.2, 0.25) is 0 Å². The Morgan fingerprint density at radius 2 is 0.700 bits per heavy atom. The minimum atomic E-state index is 0.631. The van der Waals surface area contributed by atoms with Crippen LogP contribution in [0.25, 0.3) is 101 Å². The molecule has 0 aliphatic heterocycles. The fourth-order valence-electron chi connectivity index (χ4n) is 9.00. The molecule has 3 heteroatoms. The summed E-state index contributed by atoms with van der Waals surface area (Å²) in [6.07, 6.45) is 4.38. The number of aromatic nitrogens is 3. The first-order chi connectivity index (χ1) is 29.7. The van der Waals surface area contributed by atoms with Gasteiger partial charge in [0.25, 0.3) is 0 Å². The molecule has 0 saturated heterocycles. The Morgan fingerprint density at radius 3 is 1.30 bits per heavy atom. The predicted octanol–water partition coefficient (Wildman–Crippen LogP) is 14.7. The van der Waals surface area contributed by atoms with Gasteiger partial charge in [-0.25, -0.2) is 15.0 Å². The molecule has 282 valence electrons. The third kappa shape index (κ3) is 6.47. The summed E-state index contributed by atoms with van der Waals surface area (Å²) in [5.74, 6) is 1.90. The van der Waals surface area contributed by atoms with Crippen LogP contribution in [0, 0.1) is 0 Å². The lowest BCUT2D eigenvalue weighted by atomic mass is 9.81. The molecule has 1 aliphatic carbocycles. The van der Waals surface area contributed by atoms with Gasteiger partial charge in [-0.15, -0.1) is 0 Å². The maximum Gasteiger partial charge on any atom is 0.164 e. The molecule has 0 radical (unpaired) electrons. The lowest BCUT2D eigenvalue weighted by molar-refractivity contribution is 1.02. The molecule has 60 heavy (non-hydrogen) atoms. The fourth-order valence-corrected chi connectivity index (χ4v) is 9.00. The zero-order chi connectivity index (χ0) is 39.8. The summed E-state index contributed by atoms with van der Waals surface area (Å²) in [5.41, 5.74) is 14.9. The summed E-state index contributed by atoms with van der Waals surface area (Å²) in [6, 6.07) is 73.1. The summed E-state index contributed by atoms with van der Waals surface area (Å²) in [6.45, 7) is 0. The highest BCUT2D eigenvalue weighted by Crippen LogP contribution is 2.43. The Hall–Kier alpha value is -7.75. The number of nitrogens with zero attached hydrogens (tertiary/aromatic N) is 3. The van der Waals surface area contributed by atoms with Crippen LogP contribution in [0.15, 0.2) is 206 Å². The van der Waals surface area contributed by atoms with Gasteiger partial charge >= 0.3 is 0 Å². The van der Waals surface area contributed by atoms with E-state index in [2.05, 4.69) is 200 Å². The van der Waals surface area contributed by atoms with Gasteiger partial charge in [-0.2, -0.15) is 0 Å². The monoisotopic (exact) mass is 765 g/mol. The Morgan fingerprint density at radius 1 is 0.283 bits per heavy atom. The molecular formula is C57H39N3. The van der Waals surface area contributed by atoms with Crippen molar-refractivity contribution in [2.24, 2.45) is 0 Å². The first-order valence-corrected chi connectivity index (χ1v) is 20.6. The van der Waals surface area contributed by atoms with E-state index >= 15 is 0 Å². The van der Waals surface area contributed by atoms with Crippen LogP contribution in [0.4, 0.5) is 0 Å². The number of hydrogen-bond acceptors (Lipinski definition) is 3. The van der Waals surface area contributed by atoms with Crippen LogP contribution < -0.4 is 0 Å². The fraction of sp³-hybridized carbons (Fsp3) is 0.0351. The second-order valence-corrected chi connectivity index (χ2v) is 15.4. The molecule has 0 unspecified atom stereocenters. The molecule has 1 aromatic heterocycles. The molecule has 0 N–H and O–H groups in total. The molecule has 3 nitrogen and oxygen atoms in total. The van der Waals surface area contributed by atoms with E-state index in [1.807, 2.05) is 12.1 Å². The Labute approximate surface area is 350 Å². The van der Waals surface area contributed by atoms with Crippen molar-refractivity contribution >= 4 is 33.2 Å². The van der Waals surface area contributed by atoms with Crippen molar-refractivity contribution in [3.8, 4) is 67.5 Å². The molecule has 0 fully saturated rings. The second kappa shape index (κ2) is 15.2. The number of fused-ring (bicyclic) bond motifs is 6. The highest BCUT2D eigenvalue weighted by molar-refractivity contribution is 6.14. The first kappa shape index (κ1) is 35.4. The van der Waals surface area contributed by atoms with E-state index in [1.54, 1.807) is 0 Å². The molecule has 10 aromatic rings. The van der Waals surface area contributed by atoms with Gasteiger partial charge in [-0.3, -0.25) is 0 Å². The van der Waals surface area contributed by atoms with Gasteiger partial charge in [-0.05, 0) is 102 Å². The topological polar surface area (TPSA) is 38.7 Å². The van der Waals surface area contributed by atoms with Crippen molar-refractivity contribution in [2.75, 3.05) is 0 Å². The highest BCUT2D eigenvalue weighted by Gasteiger charge is 2.22. The lowest BCUT2D eigenvalue weighted by Crippen LogP contribution is -2.04. The van der Waals surface area contributed by atoms with Crippen molar-refractivity contribution in [2.45, 2.75) is 12.8 Å². The zero-order valence-electron chi connectivity index (χ0n) is 33.0. The van der Waals surface area contributed by atoms with Gasteiger partial charge < -0.3 is 0 Å². The molecule has 11 rings (SSSR count). The van der Waals surface area contributed by atoms with Crippen LogP contribution in [0.5, 0.6) is 0 Å². The number of hydrogen-bond donors (Lipinski definition) is 0. The Kier molecular flexibility index (Phi) is 8.98. The summed E-state index contributed by atoms with van der Waals surface area (Å²) in [4.78, 5) is 15.8. The first-order valence-electron chi connectivity index (χ1n) is 20.6. The molecule has 0 atom stereocenters. The summed E-state index contributed by atoms with van der Waals surface area (Å²) in [5, 5.41) is 5.28. The van der Waals surface area contributed by atoms with E-state index in [1.165, 1.54) is 43.8 Å². The summed E-state index contributed by atoms with van der Waals surface area (Å²) >= 11 is 0. The van der Waals surface area contributed by atoms with Gasteiger partial charge in [0.15, 0.2) is 17.5 Å². The molecular weight excluding hydrogens is 727 g/mol. The second-order valence-electron chi connectivity index (χ2n) is 15.4. The van der Waals surface area contributed by atoms with Crippen LogP contribution >= 0.6 is 0 Å². The maximum absolute atomic E-state index is 5.30. The molecule has 0 spiro atoms. The van der Waals surface area contributed by atoms with E-state index < -0.39 is 0 Å². The molecule has 0 amide bonds. The van der Waals surface area contributed by atoms with Crippen molar-refractivity contribution < 1.29 is 0 Å². The summed E-state index contributed by atoms with van der Waals surface area (Å²) in [7, 11) is 0. The highest BCUT2D eigenvalue weighted by atomic mass is 15.0. The van der Waals surface area contributed by atoms with E-state index in [9.17, 15) is 0 Å². The molecule has 1 heterocycles. The van der Waals surface area contributed by atoms with Crippen molar-refractivity contribution in [1.82, 2.24) is 15.0 Å². The van der Waals surface area contributed by atoms with Crippen LogP contribution in [-0.4, -0.2) is 15.0 Å². The van der Waals surface area contributed by atoms with Crippen molar-refractivity contribution in [1.29, 1.82) is 0 Å². The maximum atomic E-state index is 5.30. The largest absolute Gasteiger partial charge is 0.208 e. The Bertz CT molecular complexity index is 3160. The Balaban J connectivity index is 1.08. The minimum Gasteiger partial charge on any atom is -0.208 e. The molecule has 9 aromatic carbocycles. The van der Waals surface area contributed by atoms with Crippen LogP contribution in [0.1, 0.15) is 23.1 Å². The predicted molar refractivity (Wildman–Crippen MR) is 250 cm³/mol. The van der Waals surface area contributed by atoms with Crippen LogP contribution in [0.3, 0.4) is 0 Å². The minimum absolute atomic E-state index is 0.631. The SMILES string of the molecule is C1=C(c2ccccc2-c2ccccc2-c2nc(-c3cccc(-c4ccccc4)c3)nc(-c3cccc(-c4ccccc4)c3)n2)CCc2c1c1ccccc1c1ccccc21. The van der Waals surface area contributed by atoms with Crippen molar-refractivity contribution in [3.05, 3.63) is 223 Å². The quantitative estimate of drug-likeness (QED) is 0.152. The lowest BCUT2D eigenvalue weighted by Gasteiger charge is -2.23. The van der Waals surface area contributed by atoms with Gasteiger partial charge in [0.2, 0.25) is 0 Å². The van der Waals surface area contributed by atoms with E-state index in [4.69, 9.17) is 15.0 Å². The summed E-state index contributed by atoms with van der Waals surface area (Å²) < 4.78 is 0. The third-order valence-corrected chi connectivity index (χ3v) is 11.9. The van der Waals surface area contributed by atoms with E-state index in [-0.39, 0.29) is 0 Å². The smallest absolute Gasteiger partial charge is 0.164 e. The third-order valence-electron chi connectivity index (χ3n) is 11.9. The number of allylic oxidation sites excluding steroid dienone is 1. The van der Waals surface area contributed by atoms with Crippen molar-refractivity contribution in [3.63, 3.8) is 0 Å². The zero-order valence-corrected chi connectivity index (χ0v) is 33.0. The number of benzene rings is 9. The standard InChI is InChI=1S/C57H39N3/c1-3-17-38(18-4-1)40-21-15-23-43(35-40)55-58-56(44-24-16-22-41(36-44)39-19-5-2-6-20-39)60-57(59-55)53-32-14-13-30-50(53)46-26-8-7-25-45(46)42-33-34-52-49-29-10-9-27-47(49)48-28-11-12-31-51(48)54(52)37-42/h1-32,35-37H,33-34H2. The van der Waals surface area contributed by atoms with Gasteiger partial charge in [-0.1, -0.05) is 200 Å². The normalized spacial score (nSPS) is 12.3. The van der Waals surface area contributed by atoms with Gasteiger partial charge in [0.05, 0.1) is 0 Å². The van der Waals surface area contributed by atoms with Gasteiger partial charge in [0.1, 0.15) is 0 Å². The molecule has 0 saturated carbocycles.